The van der Waals surface area contributed by atoms with Gasteiger partial charge >= 0.3 is 0 Å². The Labute approximate surface area is 186 Å². The zero-order chi connectivity index (χ0) is 23.2. The maximum atomic E-state index is 14.2. The van der Waals surface area contributed by atoms with Crippen LogP contribution in [0.2, 0.25) is 5.02 Å². The van der Waals surface area contributed by atoms with Crippen LogP contribution >= 0.6 is 11.6 Å². The average molecular weight is 470 g/mol. The van der Waals surface area contributed by atoms with Crippen LogP contribution in [-0.4, -0.2) is 50.5 Å². The largest absolute Gasteiger partial charge is 0.355 e. The highest BCUT2D eigenvalue weighted by molar-refractivity contribution is 7.92. The zero-order valence-electron chi connectivity index (χ0n) is 17.5. The molecule has 2 amide bonds. The first-order valence-electron chi connectivity index (χ1n) is 9.59. The topological polar surface area (TPSA) is 86.8 Å². The molecule has 0 saturated heterocycles. The summed E-state index contributed by atoms with van der Waals surface area (Å²) in [6.07, 6.45) is 0.956. The van der Waals surface area contributed by atoms with E-state index in [1.54, 1.807) is 25.1 Å². The molecular formula is C21H25ClFN3O4S. The Kier molecular flexibility index (Phi) is 8.41. The third-order valence-electron chi connectivity index (χ3n) is 4.62. The van der Waals surface area contributed by atoms with Crippen LogP contribution in [-0.2, 0) is 26.2 Å². The third-order valence-corrected chi connectivity index (χ3v) is 6.06. The van der Waals surface area contributed by atoms with Gasteiger partial charge in [-0.3, -0.25) is 13.9 Å². The van der Waals surface area contributed by atoms with E-state index in [1.165, 1.54) is 37.3 Å². The number of likely N-dealkylation sites (N-methyl/N-ethyl adjacent to an activating group) is 1. The van der Waals surface area contributed by atoms with E-state index in [1.807, 2.05) is 0 Å². The number of halogens is 2. The molecule has 1 N–H and O–H groups in total. The fourth-order valence-electron chi connectivity index (χ4n) is 2.96. The molecule has 31 heavy (non-hydrogen) atoms. The van der Waals surface area contributed by atoms with E-state index in [2.05, 4.69) is 5.32 Å². The van der Waals surface area contributed by atoms with Crippen molar-refractivity contribution in [3.8, 4) is 0 Å². The summed E-state index contributed by atoms with van der Waals surface area (Å²) in [5, 5.41) is 2.78. The Morgan fingerprint density at radius 1 is 1.13 bits per heavy atom. The van der Waals surface area contributed by atoms with E-state index in [-0.39, 0.29) is 22.8 Å². The molecule has 2 aromatic carbocycles. The number of anilines is 1. The molecule has 168 valence electrons. The van der Waals surface area contributed by atoms with Gasteiger partial charge in [-0.05, 0) is 32.0 Å². The maximum Gasteiger partial charge on any atom is 0.244 e. The lowest BCUT2D eigenvalue weighted by molar-refractivity contribution is -0.139. The van der Waals surface area contributed by atoms with Crippen LogP contribution in [0, 0.1) is 5.82 Å². The van der Waals surface area contributed by atoms with Gasteiger partial charge in [0.05, 0.1) is 17.0 Å². The SMILES string of the molecule is CCNC(=O)[C@@H](C)N(Cc1ccccc1F)C(=O)CN(c1ccccc1Cl)S(C)(=O)=O. The van der Waals surface area contributed by atoms with Crippen LogP contribution in [0.5, 0.6) is 0 Å². The van der Waals surface area contributed by atoms with Crippen molar-refractivity contribution in [2.24, 2.45) is 0 Å². The highest BCUT2D eigenvalue weighted by Crippen LogP contribution is 2.27. The molecule has 2 rings (SSSR count). The van der Waals surface area contributed by atoms with Gasteiger partial charge < -0.3 is 10.2 Å². The Bertz CT molecular complexity index is 1050. The molecule has 0 heterocycles. The van der Waals surface area contributed by atoms with Crippen LogP contribution in [0.1, 0.15) is 19.4 Å². The van der Waals surface area contributed by atoms with E-state index >= 15 is 0 Å². The zero-order valence-corrected chi connectivity index (χ0v) is 19.1. The summed E-state index contributed by atoms with van der Waals surface area (Å²) in [4.78, 5) is 26.8. The summed E-state index contributed by atoms with van der Waals surface area (Å²) in [5.74, 6) is -1.64. The average Bonchev–Trinajstić information content (AvgIpc) is 2.71. The molecule has 0 aliphatic rings. The number of hydrogen-bond acceptors (Lipinski definition) is 4. The predicted molar refractivity (Wildman–Crippen MR) is 119 cm³/mol. The fraction of sp³-hybridized carbons (Fsp3) is 0.333. The Hall–Kier alpha value is -2.65. The predicted octanol–water partition coefficient (Wildman–Crippen LogP) is 2.80. The van der Waals surface area contributed by atoms with Crippen molar-refractivity contribution in [3.63, 3.8) is 0 Å². The van der Waals surface area contributed by atoms with Crippen molar-refractivity contribution in [1.29, 1.82) is 0 Å². The first-order chi connectivity index (χ1) is 14.6. The van der Waals surface area contributed by atoms with Crippen molar-refractivity contribution < 1.29 is 22.4 Å². The normalized spacial score (nSPS) is 12.2. The smallest absolute Gasteiger partial charge is 0.244 e. The van der Waals surface area contributed by atoms with Gasteiger partial charge in [0.25, 0.3) is 0 Å². The summed E-state index contributed by atoms with van der Waals surface area (Å²) in [7, 11) is -3.88. The van der Waals surface area contributed by atoms with E-state index < -0.39 is 40.2 Å². The molecular weight excluding hydrogens is 445 g/mol. The second-order valence-corrected chi connectivity index (χ2v) is 9.22. The molecule has 0 aliphatic heterocycles. The van der Waals surface area contributed by atoms with Crippen molar-refractivity contribution in [3.05, 3.63) is 64.9 Å². The lowest BCUT2D eigenvalue weighted by Crippen LogP contribution is -2.51. The summed E-state index contributed by atoms with van der Waals surface area (Å²) >= 11 is 6.15. The number of carbonyl (C=O) groups excluding carboxylic acids is 2. The summed E-state index contributed by atoms with van der Waals surface area (Å²) < 4.78 is 39.9. The number of nitrogens with one attached hydrogen (secondary N) is 1. The van der Waals surface area contributed by atoms with Crippen LogP contribution in [0.3, 0.4) is 0 Å². The monoisotopic (exact) mass is 469 g/mol. The molecule has 0 spiro atoms. The number of rotatable bonds is 9. The molecule has 0 saturated carbocycles. The van der Waals surface area contributed by atoms with Gasteiger partial charge in [0.15, 0.2) is 0 Å². The first kappa shape index (κ1) is 24.6. The quantitative estimate of drug-likeness (QED) is 0.611. The van der Waals surface area contributed by atoms with Gasteiger partial charge in [0, 0.05) is 18.7 Å². The van der Waals surface area contributed by atoms with Gasteiger partial charge in [0.1, 0.15) is 18.4 Å². The number of hydrogen-bond donors (Lipinski definition) is 1. The molecule has 7 nitrogen and oxygen atoms in total. The van der Waals surface area contributed by atoms with Crippen LogP contribution in [0.15, 0.2) is 48.5 Å². The van der Waals surface area contributed by atoms with Gasteiger partial charge in [-0.25, -0.2) is 12.8 Å². The second-order valence-electron chi connectivity index (χ2n) is 6.90. The summed E-state index contributed by atoms with van der Waals surface area (Å²) in [6.45, 7) is 2.78. The minimum atomic E-state index is -3.88. The minimum Gasteiger partial charge on any atom is -0.355 e. The molecule has 0 radical (unpaired) electrons. The molecule has 0 fully saturated rings. The van der Waals surface area contributed by atoms with Crippen LogP contribution in [0.25, 0.3) is 0 Å². The van der Waals surface area contributed by atoms with E-state index in [0.717, 1.165) is 15.5 Å². The number of amides is 2. The van der Waals surface area contributed by atoms with Gasteiger partial charge in [0.2, 0.25) is 21.8 Å². The molecule has 1 atom stereocenters. The second kappa shape index (κ2) is 10.6. The van der Waals surface area contributed by atoms with Crippen LogP contribution < -0.4 is 9.62 Å². The summed E-state index contributed by atoms with van der Waals surface area (Å²) in [6, 6.07) is 11.1. The Morgan fingerprint density at radius 3 is 2.32 bits per heavy atom. The van der Waals surface area contributed by atoms with Crippen molar-refractivity contribution in [1.82, 2.24) is 10.2 Å². The van der Waals surface area contributed by atoms with Gasteiger partial charge in [-0.2, -0.15) is 0 Å². The highest BCUT2D eigenvalue weighted by atomic mass is 35.5. The van der Waals surface area contributed by atoms with Gasteiger partial charge in [-0.15, -0.1) is 0 Å². The maximum absolute atomic E-state index is 14.2. The number of benzene rings is 2. The number of carbonyl (C=O) groups is 2. The molecule has 0 aromatic heterocycles. The highest BCUT2D eigenvalue weighted by Gasteiger charge is 2.30. The van der Waals surface area contributed by atoms with Crippen LogP contribution in [0.4, 0.5) is 10.1 Å². The lowest BCUT2D eigenvalue weighted by atomic mass is 10.1. The Morgan fingerprint density at radius 2 is 1.74 bits per heavy atom. The Balaban J connectivity index is 2.41. The number of para-hydroxylation sites is 1. The number of nitrogens with zero attached hydrogens (tertiary/aromatic N) is 2. The van der Waals surface area contributed by atoms with E-state index in [9.17, 15) is 22.4 Å². The standard InChI is InChI=1S/C21H25ClFN3O4S/c1-4-24-21(28)15(2)25(13-16-9-5-7-11-18(16)23)20(27)14-26(31(3,29)30)19-12-8-6-10-17(19)22/h5-12,15H,4,13-14H2,1-3H3,(H,24,28)/t15-/m1/s1. The molecule has 10 heteroatoms. The minimum absolute atomic E-state index is 0.136. The molecule has 0 bridgehead atoms. The van der Waals surface area contributed by atoms with E-state index in [0.29, 0.717) is 6.54 Å². The third kappa shape index (κ3) is 6.41. The lowest BCUT2D eigenvalue weighted by Gasteiger charge is -2.31. The van der Waals surface area contributed by atoms with E-state index in [4.69, 9.17) is 11.6 Å². The van der Waals surface area contributed by atoms with Crippen molar-refractivity contribution >= 4 is 39.1 Å². The van der Waals surface area contributed by atoms with Crippen molar-refractivity contribution in [2.75, 3.05) is 23.7 Å². The van der Waals surface area contributed by atoms with Gasteiger partial charge in [-0.1, -0.05) is 41.9 Å². The van der Waals surface area contributed by atoms with Crippen molar-refractivity contribution in [2.45, 2.75) is 26.4 Å². The molecule has 0 aliphatic carbocycles. The summed E-state index contributed by atoms with van der Waals surface area (Å²) in [5.41, 5.74) is 0.340. The first-order valence-corrected chi connectivity index (χ1v) is 11.8. The molecule has 0 unspecified atom stereocenters. The fourth-order valence-corrected chi connectivity index (χ4v) is 4.11. The number of sulfonamides is 1. The molecule has 2 aromatic rings.